The van der Waals surface area contributed by atoms with Gasteiger partial charge in [-0.15, -0.1) is 0 Å². The van der Waals surface area contributed by atoms with Gasteiger partial charge in [0.25, 0.3) is 0 Å². The molecule has 0 radical (unpaired) electrons. The lowest BCUT2D eigenvalue weighted by Crippen LogP contribution is -2.35. The number of rotatable bonds is 0. The molecule has 1 spiro atoms. The first-order valence-electron chi connectivity index (χ1n) is 11.3. The van der Waals surface area contributed by atoms with E-state index in [0.717, 1.165) is 6.42 Å². The molecule has 0 amide bonds. The molecular weight excluding hydrogens is 360 g/mol. The molecule has 3 aliphatic carbocycles. The molecule has 6 rings (SSSR count). The van der Waals surface area contributed by atoms with Crippen LogP contribution in [-0.2, 0) is 16.2 Å². The molecule has 0 saturated carbocycles. The first-order valence-corrected chi connectivity index (χ1v) is 11.3. The van der Waals surface area contributed by atoms with E-state index in [1.807, 2.05) is 0 Å². The van der Waals surface area contributed by atoms with Gasteiger partial charge in [0.2, 0.25) is 0 Å². The number of allylic oxidation sites excluding steroid dienone is 1. The van der Waals surface area contributed by atoms with Gasteiger partial charge in [-0.3, -0.25) is 0 Å². The monoisotopic (exact) mass is 390 g/mol. The van der Waals surface area contributed by atoms with Gasteiger partial charge >= 0.3 is 0 Å². The fourth-order valence-electron chi connectivity index (χ4n) is 6.44. The minimum atomic E-state index is 0.00665. The second kappa shape index (κ2) is 5.55. The Balaban J connectivity index is 1.70. The van der Waals surface area contributed by atoms with Crippen LogP contribution in [0.5, 0.6) is 0 Å². The fraction of sp³-hybridized carbons (Fsp3) is 0.333. The first kappa shape index (κ1) is 18.2. The molecule has 0 saturated heterocycles. The van der Waals surface area contributed by atoms with Gasteiger partial charge in [0.1, 0.15) is 0 Å². The standard InChI is InChI=1S/C30H30/c1-28(2,3)20-10-12-22-23-13-11-21-17-25(23)27(24(22)16-20)30(18-29(21,4)5)15-14-19-8-6-7-9-26(19)30/h6-17,27H,18H2,1-5H3. The Morgan fingerprint density at radius 1 is 0.833 bits per heavy atom. The van der Waals surface area contributed by atoms with Gasteiger partial charge in [-0.1, -0.05) is 107 Å². The average molecular weight is 391 g/mol. The zero-order valence-corrected chi connectivity index (χ0v) is 18.7. The van der Waals surface area contributed by atoms with Crippen molar-refractivity contribution in [3.8, 4) is 11.1 Å². The van der Waals surface area contributed by atoms with Crippen LogP contribution in [0.1, 0.15) is 80.3 Å². The number of fused-ring (bicyclic) bond motifs is 7. The summed E-state index contributed by atoms with van der Waals surface area (Å²) in [5.74, 6) is 0.381. The Hall–Kier alpha value is -2.60. The summed E-state index contributed by atoms with van der Waals surface area (Å²) in [5.41, 5.74) is 12.0. The van der Waals surface area contributed by atoms with Crippen molar-refractivity contribution in [2.75, 3.05) is 0 Å². The van der Waals surface area contributed by atoms with Crippen molar-refractivity contribution in [2.45, 2.75) is 63.2 Å². The van der Waals surface area contributed by atoms with Crippen LogP contribution in [0, 0.1) is 0 Å². The number of benzene rings is 3. The molecule has 0 aromatic heterocycles. The van der Waals surface area contributed by atoms with Crippen molar-refractivity contribution in [2.24, 2.45) is 0 Å². The predicted octanol–water partition coefficient (Wildman–Crippen LogP) is 7.74. The smallest absolute Gasteiger partial charge is 0.0259 e. The molecule has 2 atom stereocenters. The minimum Gasteiger partial charge on any atom is -0.0723 e. The highest BCUT2D eigenvalue weighted by Gasteiger charge is 2.52. The van der Waals surface area contributed by atoms with Crippen LogP contribution in [0.4, 0.5) is 0 Å². The molecule has 2 bridgehead atoms. The molecule has 0 nitrogen and oxygen atoms in total. The molecule has 0 aliphatic heterocycles. The van der Waals surface area contributed by atoms with Crippen LogP contribution >= 0.6 is 0 Å². The van der Waals surface area contributed by atoms with E-state index in [-0.39, 0.29) is 16.2 Å². The van der Waals surface area contributed by atoms with Gasteiger partial charge in [0, 0.05) is 11.3 Å². The van der Waals surface area contributed by atoms with Crippen LogP contribution in [0.25, 0.3) is 17.2 Å². The van der Waals surface area contributed by atoms with Crippen molar-refractivity contribution < 1.29 is 0 Å². The maximum absolute atomic E-state index is 2.54. The van der Waals surface area contributed by atoms with E-state index < -0.39 is 0 Å². The Morgan fingerprint density at radius 3 is 2.30 bits per heavy atom. The summed E-state index contributed by atoms with van der Waals surface area (Å²) in [6.45, 7) is 11.8. The molecule has 3 aliphatic rings. The lowest BCUT2D eigenvalue weighted by atomic mass is 9.62. The SMILES string of the molecule is CC(C)(C)c1ccc2c(c1)C1c3cc(ccc3-2)C(C)(C)CC12C=Cc1ccccc12. The van der Waals surface area contributed by atoms with Crippen LogP contribution in [0.15, 0.2) is 66.7 Å². The Labute approximate surface area is 180 Å². The summed E-state index contributed by atoms with van der Waals surface area (Å²) in [6.07, 6.45) is 6.05. The third kappa shape index (κ3) is 2.23. The summed E-state index contributed by atoms with van der Waals surface area (Å²) >= 11 is 0. The van der Waals surface area contributed by atoms with Gasteiger partial charge in [-0.2, -0.15) is 0 Å². The largest absolute Gasteiger partial charge is 0.0723 e. The van der Waals surface area contributed by atoms with E-state index in [1.165, 1.54) is 44.5 Å². The Kier molecular flexibility index (Phi) is 3.37. The minimum absolute atomic E-state index is 0.00665. The fourth-order valence-corrected chi connectivity index (χ4v) is 6.44. The molecule has 0 N–H and O–H groups in total. The number of hydrogen-bond donors (Lipinski definition) is 0. The molecule has 30 heavy (non-hydrogen) atoms. The second-order valence-electron chi connectivity index (χ2n) is 11.3. The van der Waals surface area contributed by atoms with Gasteiger partial charge in [0.05, 0.1) is 0 Å². The van der Waals surface area contributed by atoms with Crippen molar-refractivity contribution in [1.82, 2.24) is 0 Å². The summed E-state index contributed by atoms with van der Waals surface area (Å²) in [4.78, 5) is 0. The summed E-state index contributed by atoms with van der Waals surface area (Å²) in [5, 5.41) is 0. The van der Waals surface area contributed by atoms with Crippen molar-refractivity contribution in [1.29, 1.82) is 0 Å². The van der Waals surface area contributed by atoms with Gasteiger partial charge in [-0.25, -0.2) is 0 Å². The number of hydrogen-bond acceptors (Lipinski definition) is 0. The summed E-state index contributed by atoms with van der Waals surface area (Å²) in [7, 11) is 0. The van der Waals surface area contributed by atoms with Crippen LogP contribution in [-0.4, -0.2) is 0 Å². The van der Waals surface area contributed by atoms with Crippen molar-refractivity contribution in [3.63, 3.8) is 0 Å². The summed E-state index contributed by atoms with van der Waals surface area (Å²) < 4.78 is 0. The molecule has 2 unspecified atom stereocenters. The molecule has 3 aromatic rings. The zero-order chi connectivity index (χ0) is 20.9. The maximum Gasteiger partial charge on any atom is 0.0259 e. The highest BCUT2D eigenvalue weighted by Crippen LogP contribution is 2.62. The predicted molar refractivity (Wildman–Crippen MR) is 127 cm³/mol. The van der Waals surface area contributed by atoms with Crippen molar-refractivity contribution >= 4 is 6.08 Å². The van der Waals surface area contributed by atoms with Crippen LogP contribution in [0.2, 0.25) is 0 Å². The van der Waals surface area contributed by atoms with E-state index in [4.69, 9.17) is 0 Å². The first-order chi connectivity index (χ1) is 14.2. The third-order valence-electron chi connectivity index (χ3n) is 7.93. The van der Waals surface area contributed by atoms with Gasteiger partial charge in [-0.05, 0) is 61.8 Å². The molecule has 0 heteroatoms. The van der Waals surface area contributed by atoms with E-state index in [9.17, 15) is 0 Å². The Morgan fingerprint density at radius 2 is 1.53 bits per heavy atom. The normalized spacial score (nSPS) is 24.6. The molecule has 150 valence electrons. The molecule has 0 heterocycles. The topological polar surface area (TPSA) is 0 Å². The maximum atomic E-state index is 2.54. The van der Waals surface area contributed by atoms with Gasteiger partial charge < -0.3 is 0 Å². The van der Waals surface area contributed by atoms with Crippen LogP contribution < -0.4 is 0 Å². The highest BCUT2D eigenvalue weighted by atomic mass is 14.5. The Bertz CT molecular complexity index is 1230. The second-order valence-corrected chi connectivity index (χ2v) is 11.3. The average Bonchev–Trinajstić information content (AvgIpc) is 3.20. The van der Waals surface area contributed by atoms with Crippen LogP contribution in [0.3, 0.4) is 0 Å². The zero-order valence-electron chi connectivity index (χ0n) is 18.7. The van der Waals surface area contributed by atoms with E-state index in [1.54, 1.807) is 0 Å². The van der Waals surface area contributed by atoms with Gasteiger partial charge in [0.15, 0.2) is 0 Å². The molecular formula is C30H30. The van der Waals surface area contributed by atoms with E-state index in [0.29, 0.717) is 5.92 Å². The van der Waals surface area contributed by atoms with Crippen molar-refractivity contribution in [3.05, 3.63) is 100 Å². The van der Waals surface area contributed by atoms with E-state index >= 15 is 0 Å². The lowest BCUT2D eigenvalue weighted by molar-refractivity contribution is 0.345. The molecule has 3 aromatic carbocycles. The summed E-state index contributed by atoms with van der Waals surface area (Å²) in [6, 6.07) is 23.6. The third-order valence-corrected chi connectivity index (χ3v) is 7.93. The lowest BCUT2D eigenvalue weighted by Gasteiger charge is -2.40. The quantitative estimate of drug-likeness (QED) is 0.368. The highest BCUT2D eigenvalue weighted by molar-refractivity contribution is 5.83. The van der Waals surface area contributed by atoms with E-state index in [2.05, 4.69) is 107 Å². The molecule has 0 fully saturated rings.